The number of hydrogen-bond donors (Lipinski definition) is 1. The van der Waals surface area contributed by atoms with Gasteiger partial charge in [0.05, 0.1) is 12.0 Å². The van der Waals surface area contributed by atoms with Crippen LogP contribution in [0.25, 0.3) is 0 Å². The van der Waals surface area contributed by atoms with E-state index in [1.807, 2.05) is 41.4 Å². The van der Waals surface area contributed by atoms with Crippen molar-refractivity contribution in [2.45, 2.75) is 19.4 Å². The topological polar surface area (TPSA) is 61.6 Å². The number of aromatic nitrogens is 1. The molecule has 0 radical (unpaired) electrons. The summed E-state index contributed by atoms with van der Waals surface area (Å²) in [6.45, 7) is 4.86. The average molecular weight is 328 g/mol. The van der Waals surface area contributed by atoms with Crippen molar-refractivity contribution < 1.29 is 9.21 Å². The minimum Gasteiger partial charge on any atom is -0.469 e. The maximum absolute atomic E-state index is 12.3. The molecule has 0 bridgehead atoms. The highest BCUT2D eigenvalue weighted by Crippen LogP contribution is 2.07. The maximum Gasteiger partial charge on any atom is 0.317 e. The third-order valence-corrected chi connectivity index (χ3v) is 4.22. The number of hydrogen-bond acceptors (Lipinski definition) is 4. The lowest BCUT2D eigenvalue weighted by Gasteiger charge is -2.22. The minimum absolute atomic E-state index is 0.0150. The molecule has 0 aliphatic carbocycles. The van der Waals surface area contributed by atoms with Crippen LogP contribution in [0.1, 0.15) is 17.9 Å². The average Bonchev–Trinajstić information content (AvgIpc) is 3.01. The maximum atomic E-state index is 12.3. The quantitative estimate of drug-likeness (QED) is 0.913. The summed E-state index contributed by atoms with van der Waals surface area (Å²) >= 11 is 0. The van der Waals surface area contributed by atoms with Gasteiger partial charge in [-0.25, -0.2) is 4.79 Å². The first-order chi connectivity index (χ1) is 11.8. The van der Waals surface area contributed by atoms with Crippen molar-refractivity contribution in [2.24, 2.45) is 0 Å². The van der Waals surface area contributed by atoms with Crippen molar-refractivity contribution in [3.8, 4) is 0 Å². The molecule has 2 aromatic heterocycles. The second kappa shape index (κ2) is 8.49. The van der Waals surface area contributed by atoms with Gasteiger partial charge in [0.25, 0.3) is 0 Å². The molecular weight excluding hydrogens is 304 g/mol. The summed E-state index contributed by atoms with van der Waals surface area (Å²) < 4.78 is 5.27. The Hall–Kier alpha value is -2.34. The summed E-state index contributed by atoms with van der Waals surface area (Å²) in [6, 6.07) is 9.79. The Morgan fingerprint density at radius 3 is 2.92 bits per heavy atom. The molecule has 6 heteroatoms. The van der Waals surface area contributed by atoms with E-state index in [0.29, 0.717) is 6.54 Å². The second-order valence-corrected chi connectivity index (χ2v) is 6.00. The van der Waals surface area contributed by atoms with Gasteiger partial charge in [-0.1, -0.05) is 6.07 Å². The zero-order valence-electron chi connectivity index (χ0n) is 13.9. The Morgan fingerprint density at radius 1 is 1.17 bits per heavy atom. The molecule has 1 aliphatic heterocycles. The number of nitrogens with zero attached hydrogens (tertiary/aromatic N) is 3. The summed E-state index contributed by atoms with van der Waals surface area (Å²) in [7, 11) is 0. The number of rotatable bonds is 5. The lowest BCUT2D eigenvalue weighted by molar-refractivity contribution is 0.197. The Balaban J connectivity index is 1.42. The van der Waals surface area contributed by atoms with E-state index >= 15 is 0 Å². The van der Waals surface area contributed by atoms with Gasteiger partial charge in [0.1, 0.15) is 5.76 Å². The van der Waals surface area contributed by atoms with Crippen LogP contribution in [0, 0.1) is 0 Å². The van der Waals surface area contributed by atoms with Gasteiger partial charge in [0, 0.05) is 51.9 Å². The monoisotopic (exact) mass is 328 g/mol. The van der Waals surface area contributed by atoms with Gasteiger partial charge in [-0.15, -0.1) is 0 Å². The van der Waals surface area contributed by atoms with E-state index in [1.165, 1.54) is 0 Å². The summed E-state index contributed by atoms with van der Waals surface area (Å²) in [6.07, 6.45) is 5.19. The molecule has 1 saturated heterocycles. The lowest BCUT2D eigenvalue weighted by Crippen LogP contribution is -2.42. The highest BCUT2D eigenvalue weighted by atomic mass is 16.3. The number of urea groups is 1. The molecule has 24 heavy (non-hydrogen) atoms. The van der Waals surface area contributed by atoms with E-state index in [-0.39, 0.29) is 6.03 Å². The number of nitrogens with one attached hydrogen (secondary N) is 1. The Kier molecular flexibility index (Phi) is 5.85. The van der Waals surface area contributed by atoms with Crippen molar-refractivity contribution in [1.82, 2.24) is 20.1 Å². The Morgan fingerprint density at radius 2 is 2.12 bits per heavy atom. The Bertz CT molecular complexity index is 615. The first-order valence-corrected chi connectivity index (χ1v) is 8.49. The molecular formula is C18H24N4O2. The molecule has 3 rings (SSSR count). The molecule has 1 aliphatic rings. The van der Waals surface area contributed by atoms with Crippen LogP contribution in [0.15, 0.2) is 47.2 Å². The molecule has 3 heterocycles. The zero-order chi connectivity index (χ0) is 16.6. The van der Waals surface area contributed by atoms with Crippen LogP contribution in [0.3, 0.4) is 0 Å². The van der Waals surface area contributed by atoms with Crippen LogP contribution < -0.4 is 5.32 Å². The number of carbonyl (C=O) groups excluding carboxylic acids is 1. The van der Waals surface area contributed by atoms with E-state index in [4.69, 9.17) is 4.42 Å². The van der Waals surface area contributed by atoms with Gasteiger partial charge in [-0.3, -0.25) is 9.88 Å². The third kappa shape index (κ3) is 4.83. The van der Waals surface area contributed by atoms with Gasteiger partial charge in [0.15, 0.2) is 0 Å². The predicted molar refractivity (Wildman–Crippen MR) is 91.5 cm³/mol. The fourth-order valence-electron chi connectivity index (χ4n) is 2.91. The number of furan rings is 1. The van der Waals surface area contributed by atoms with E-state index in [1.54, 1.807) is 6.26 Å². The summed E-state index contributed by atoms with van der Waals surface area (Å²) in [5.74, 6) is 0.896. The third-order valence-electron chi connectivity index (χ3n) is 4.22. The van der Waals surface area contributed by atoms with Crippen LogP contribution in [0.2, 0.25) is 0 Å². The van der Waals surface area contributed by atoms with Gasteiger partial charge in [-0.2, -0.15) is 0 Å². The second-order valence-electron chi connectivity index (χ2n) is 6.00. The Labute approximate surface area is 142 Å². The van der Waals surface area contributed by atoms with Gasteiger partial charge in [-0.05, 0) is 30.7 Å². The molecule has 6 nitrogen and oxygen atoms in total. The van der Waals surface area contributed by atoms with Crippen LogP contribution >= 0.6 is 0 Å². The van der Waals surface area contributed by atoms with Gasteiger partial charge in [0.2, 0.25) is 0 Å². The van der Waals surface area contributed by atoms with Crippen molar-refractivity contribution in [3.63, 3.8) is 0 Å². The fraction of sp³-hybridized carbons (Fsp3) is 0.444. The van der Waals surface area contributed by atoms with Crippen LogP contribution in [0.5, 0.6) is 0 Å². The van der Waals surface area contributed by atoms with Crippen molar-refractivity contribution in [2.75, 3.05) is 32.7 Å². The van der Waals surface area contributed by atoms with E-state index in [9.17, 15) is 4.79 Å². The smallest absolute Gasteiger partial charge is 0.317 e. The van der Waals surface area contributed by atoms with E-state index < -0.39 is 0 Å². The van der Waals surface area contributed by atoms with Crippen LogP contribution in [-0.4, -0.2) is 53.5 Å². The minimum atomic E-state index is 0.0150. The van der Waals surface area contributed by atoms with Crippen LogP contribution in [-0.2, 0) is 13.0 Å². The fourth-order valence-corrected chi connectivity index (χ4v) is 2.91. The largest absolute Gasteiger partial charge is 0.469 e. The van der Waals surface area contributed by atoms with Crippen LogP contribution in [0.4, 0.5) is 4.79 Å². The molecule has 0 atom stereocenters. The SMILES string of the molecule is O=C(NCCc1ccco1)N1CCCN(Cc2ccccn2)CC1. The molecule has 0 spiro atoms. The van der Waals surface area contributed by atoms with Crippen molar-refractivity contribution in [3.05, 3.63) is 54.2 Å². The predicted octanol–water partition coefficient (Wildman–Crippen LogP) is 2.13. The standard InChI is InChI=1S/C18H24N4O2/c23-18(20-9-7-17-6-3-14-24-17)22-11-4-10-21(12-13-22)15-16-5-1-2-8-19-16/h1-3,5-6,8,14H,4,7,9-13,15H2,(H,20,23). The van der Waals surface area contributed by atoms with E-state index in [2.05, 4.69) is 15.2 Å². The highest BCUT2D eigenvalue weighted by Gasteiger charge is 2.19. The molecule has 0 unspecified atom stereocenters. The lowest BCUT2D eigenvalue weighted by atomic mass is 10.3. The van der Waals surface area contributed by atoms with E-state index in [0.717, 1.165) is 57.0 Å². The molecule has 2 aromatic rings. The molecule has 128 valence electrons. The molecule has 0 aromatic carbocycles. The normalized spacial score (nSPS) is 15.9. The summed E-state index contributed by atoms with van der Waals surface area (Å²) in [4.78, 5) is 20.9. The van der Waals surface area contributed by atoms with Crippen molar-refractivity contribution in [1.29, 1.82) is 0 Å². The van der Waals surface area contributed by atoms with Gasteiger partial charge < -0.3 is 14.6 Å². The number of amides is 2. The molecule has 2 amide bonds. The highest BCUT2D eigenvalue weighted by molar-refractivity contribution is 5.74. The summed E-state index contributed by atoms with van der Waals surface area (Å²) in [5, 5.41) is 2.98. The molecule has 1 fully saturated rings. The number of pyridine rings is 1. The first kappa shape index (κ1) is 16.5. The molecule has 1 N–H and O–H groups in total. The van der Waals surface area contributed by atoms with Crippen molar-refractivity contribution >= 4 is 6.03 Å². The first-order valence-electron chi connectivity index (χ1n) is 8.49. The molecule has 0 saturated carbocycles. The van der Waals surface area contributed by atoms with Gasteiger partial charge >= 0.3 is 6.03 Å². The summed E-state index contributed by atoms with van der Waals surface area (Å²) in [5.41, 5.74) is 1.08. The number of carbonyl (C=O) groups is 1. The zero-order valence-corrected chi connectivity index (χ0v) is 13.9.